The van der Waals surface area contributed by atoms with Crippen LogP contribution in [0.25, 0.3) is 0 Å². The predicted octanol–water partition coefficient (Wildman–Crippen LogP) is 1.40. The van der Waals surface area contributed by atoms with Gasteiger partial charge in [-0.05, 0) is 13.0 Å². The van der Waals surface area contributed by atoms with Gasteiger partial charge in [0.25, 0.3) is 0 Å². The van der Waals surface area contributed by atoms with Gasteiger partial charge in [-0.2, -0.15) is 0 Å². The molecular weight excluding hydrogens is 213 g/mol. The lowest BCUT2D eigenvalue weighted by atomic mass is 10.2. The fraction of sp³-hybridized carbons (Fsp3) is 0.364. The monoisotopic (exact) mass is 227 g/mol. The molecule has 4 nitrogen and oxygen atoms in total. The van der Waals surface area contributed by atoms with Crippen molar-refractivity contribution in [2.75, 3.05) is 7.11 Å². The van der Waals surface area contributed by atoms with E-state index in [4.69, 9.17) is 9.84 Å². The molecule has 1 rings (SSSR count). The van der Waals surface area contributed by atoms with Gasteiger partial charge in [0.05, 0.1) is 7.11 Å². The van der Waals surface area contributed by atoms with Crippen LogP contribution >= 0.6 is 0 Å². The number of nitrogens with one attached hydrogen (secondary N) is 1. The molecule has 0 heterocycles. The minimum absolute atomic E-state index is 0.170. The Bertz CT molecular complexity index is 381. The maximum Gasteiger partial charge on any atom is 0.320 e. The molecule has 88 valence electrons. The van der Waals surface area contributed by atoms with Crippen molar-refractivity contribution >= 4 is 5.97 Å². The number of hydrogen-bond donors (Lipinski definition) is 2. The van der Waals surface area contributed by atoms with Gasteiger partial charge in [0, 0.05) is 18.2 Å². The van der Waals surface area contributed by atoms with Gasteiger partial charge in [-0.3, -0.25) is 4.79 Å². The van der Waals surface area contributed by atoms with Crippen LogP contribution < -0.4 is 10.1 Å². The summed E-state index contributed by atoms with van der Waals surface area (Å²) in [6, 6.07) is 3.76. The highest BCUT2D eigenvalue weighted by Gasteiger charge is 2.11. The van der Waals surface area contributed by atoms with E-state index >= 15 is 0 Å². The van der Waals surface area contributed by atoms with Crippen LogP contribution in [0.5, 0.6) is 5.75 Å². The molecule has 0 aliphatic rings. The number of methoxy groups -OCH3 is 1. The van der Waals surface area contributed by atoms with E-state index in [9.17, 15) is 9.18 Å². The minimum atomic E-state index is -0.964. The van der Waals surface area contributed by atoms with Crippen LogP contribution in [0.2, 0.25) is 0 Å². The Morgan fingerprint density at radius 1 is 1.62 bits per heavy atom. The fourth-order valence-corrected chi connectivity index (χ4v) is 1.15. The number of ether oxygens (including phenoxy) is 1. The lowest BCUT2D eigenvalue weighted by Crippen LogP contribution is -2.33. The molecule has 0 amide bonds. The second-order valence-corrected chi connectivity index (χ2v) is 3.40. The van der Waals surface area contributed by atoms with E-state index in [1.54, 1.807) is 12.1 Å². The second-order valence-electron chi connectivity index (χ2n) is 3.40. The predicted molar refractivity (Wildman–Crippen MR) is 56.9 cm³/mol. The van der Waals surface area contributed by atoms with Crippen molar-refractivity contribution in [1.29, 1.82) is 0 Å². The number of rotatable bonds is 5. The zero-order valence-electron chi connectivity index (χ0n) is 9.16. The number of hydrogen-bond acceptors (Lipinski definition) is 3. The number of aliphatic carboxylic acids is 1. The fourth-order valence-electron chi connectivity index (χ4n) is 1.15. The summed E-state index contributed by atoms with van der Waals surface area (Å²) in [5.74, 6) is -0.939. The van der Waals surface area contributed by atoms with E-state index in [-0.39, 0.29) is 6.54 Å². The van der Waals surface area contributed by atoms with Gasteiger partial charge in [-0.15, -0.1) is 0 Å². The summed E-state index contributed by atoms with van der Waals surface area (Å²) in [5.41, 5.74) is 0.411. The Labute approximate surface area is 93.0 Å². The zero-order chi connectivity index (χ0) is 12.1. The molecular formula is C11H14FNO3. The van der Waals surface area contributed by atoms with E-state index in [1.807, 2.05) is 0 Å². The molecule has 0 aliphatic heterocycles. The van der Waals surface area contributed by atoms with Gasteiger partial charge in [-0.25, -0.2) is 4.39 Å². The highest BCUT2D eigenvalue weighted by molar-refractivity contribution is 5.72. The molecule has 16 heavy (non-hydrogen) atoms. The first-order valence-corrected chi connectivity index (χ1v) is 4.83. The third-order valence-corrected chi connectivity index (χ3v) is 2.23. The lowest BCUT2D eigenvalue weighted by Gasteiger charge is -2.10. The van der Waals surface area contributed by atoms with Gasteiger partial charge in [0.15, 0.2) is 0 Å². The van der Waals surface area contributed by atoms with Crippen molar-refractivity contribution in [3.63, 3.8) is 0 Å². The summed E-state index contributed by atoms with van der Waals surface area (Å²) < 4.78 is 18.3. The summed E-state index contributed by atoms with van der Waals surface area (Å²) >= 11 is 0. The number of carbonyl (C=O) groups is 1. The van der Waals surface area contributed by atoms with Gasteiger partial charge in [0.1, 0.15) is 17.6 Å². The molecule has 5 heteroatoms. The van der Waals surface area contributed by atoms with E-state index < -0.39 is 17.8 Å². The molecule has 0 saturated carbocycles. The molecule has 0 saturated heterocycles. The molecule has 2 N–H and O–H groups in total. The molecule has 0 spiro atoms. The van der Waals surface area contributed by atoms with Crippen LogP contribution in [0.4, 0.5) is 4.39 Å². The Morgan fingerprint density at radius 2 is 2.31 bits per heavy atom. The molecule has 1 atom stereocenters. The van der Waals surface area contributed by atoms with Crippen LogP contribution in [0.1, 0.15) is 12.5 Å². The largest absolute Gasteiger partial charge is 0.497 e. The van der Waals surface area contributed by atoms with Crippen molar-refractivity contribution < 1.29 is 19.0 Å². The van der Waals surface area contributed by atoms with Crippen molar-refractivity contribution in [3.05, 3.63) is 29.6 Å². The van der Waals surface area contributed by atoms with E-state index in [1.165, 1.54) is 20.1 Å². The topological polar surface area (TPSA) is 58.6 Å². The summed E-state index contributed by atoms with van der Waals surface area (Å²) in [7, 11) is 1.46. The lowest BCUT2D eigenvalue weighted by molar-refractivity contribution is -0.139. The zero-order valence-corrected chi connectivity index (χ0v) is 9.16. The first-order valence-electron chi connectivity index (χ1n) is 4.83. The Hall–Kier alpha value is -1.62. The van der Waals surface area contributed by atoms with Crippen LogP contribution in [0.3, 0.4) is 0 Å². The van der Waals surface area contributed by atoms with Crippen molar-refractivity contribution in [2.45, 2.75) is 19.5 Å². The molecule has 1 aromatic rings. The molecule has 0 fully saturated rings. The maximum atomic E-state index is 13.4. The van der Waals surface area contributed by atoms with Crippen LogP contribution in [0.15, 0.2) is 18.2 Å². The Balaban J connectivity index is 2.64. The minimum Gasteiger partial charge on any atom is -0.497 e. The van der Waals surface area contributed by atoms with Gasteiger partial charge < -0.3 is 15.2 Å². The van der Waals surface area contributed by atoms with Crippen molar-refractivity contribution in [3.8, 4) is 5.75 Å². The van der Waals surface area contributed by atoms with E-state index in [2.05, 4.69) is 5.32 Å². The molecule has 0 radical (unpaired) electrons. The summed E-state index contributed by atoms with van der Waals surface area (Å²) in [5, 5.41) is 11.3. The van der Waals surface area contributed by atoms with E-state index in [0.717, 1.165) is 0 Å². The van der Waals surface area contributed by atoms with Crippen molar-refractivity contribution in [2.24, 2.45) is 0 Å². The summed E-state index contributed by atoms with van der Waals surface area (Å²) in [4.78, 5) is 10.5. The Kier molecular flexibility index (Phi) is 4.25. The van der Waals surface area contributed by atoms with Crippen molar-refractivity contribution in [1.82, 2.24) is 5.32 Å². The maximum absolute atomic E-state index is 13.4. The normalized spacial score (nSPS) is 12.2. The number of halogens is 1. The Morgan fingerprint density at radius 3 is 2.81 bits per heavy atom. The quantitative estimate of drug-likeness (QED) is 0.798. The third-order valence-electron chi connectivity index (χ3n) is 2.23. The molecule has 0 bridgehead atoms. The summed E-state index contributed by atoms with van der Waals surface area (Å²) in [6.07, 6.45) is 0. The number of carboxylic acid groups (broad SMARTS) is 1. The molecule has 0 aromatic heterocycles. The molecule has 0 aliphatic carbocycles. The summed E-state index contributed by atoms with van der Waals surface area (Å²) in [6.45, 7) is 1.67. The van der Waals surface area contributed by atoms with Gasteiger partial charge >= 0.3 is 5.97 Å². The first-order chi connectivity index (χ1) is 7.54. The van der Waals surface area contributed by atoms with Crippen LogP contribution in [-0.4, -0.2) is 24.2 Å². The van der Waals surface area contributed by atoms with Gasteiger partial charge in [0.2, 0.25) is 0 Å². The number of carboxylic acids is 1. The molecule has 0 unspecified atom stereocenters. The van der Waals surface area contributed by atoms with E-state index in [0.29, 0.717) is 11.3 Å². The average molecular weight is 227 g/mol. The highest BCUT2D eigenvalue weighted by Crippen LogP contribution is 2.16. The smallest absolute Gasteiger partial charge is 0.320 e. The highest BCUT2D eigenvalue weighted by atomic mass is 19.1. The first kappa shape index (κ1) is 12.4. The second kappa shape index (κ2) is 5.46. The van der Waals surface area contributed by atoms with Crippen LogP contribution in [-0.2, 0) is 11.3 Å². The molecule has 1 aromatic carbocycles. The average Bonchev–Trinajstić information content (AvgIpc) is 2.26. The SMILES string of the molecule is COc1ccc(CN[C@@H](C)C(=O)O)c(F)c1. The number of benzene rings is 1. The van der Waals surface area contributed by atoms with Crippen LogP contribution in [0, 0.1) is 5.82 Å². The third kappa shape index (κ3) is 3.20. The standard InChI is InChI=1S/C11H14FNO3/c1-7(11(14)15)13-6-8-3-4-9(16-2)5-10(8)12/h3-5,7,13H,6H2,1-2H3,(H,14,15)/t7-/m0/s1. The van der Waals surface area contributed by atoms with Gasteiger partial charge in [-0.1, -0.05) is 6.07 Å².